The maximum Gasteiger partial charge on any atom is 0.237 e. The summed E-state index contributed by atoms with van der Waals surface area (Å²) in [4.78, 5) is 13.3. The predicted molar refractivity (Wildman–Crippen MR) is 80.7 cm³/mol. The van der Waals surface area contributed by atoms with Gasteiger partial charge in [0, 0.05) is 4.88 Å². The number of hydrogen-bond acceptors (Lipinski definition) is 3. The van der Waals surface area contributed by atoms with Gasteiger partial charge in [-0.1, -0.05) is 24.9 Å². The van der Waals surface area contributed by atoms with Crippen LogP contribution in [0.2, 0.25) is 4.34 Å². The summed E-state index contributed by atoms with van der Waals surface area (Å²) in [5.41, 5.74) is 0. The molecule has 3 atom stereocenters. The second kappa shape index (κ2) is 6.73. The standard InChI is InChI=1S/C14H21ClN2OS/c1-3-10-6-7-16-11(8-10)14(18)17-9(2)12-4-5-13(15)19-12/h4-5,9-11,16H,3,6-8H2,1-2H3,(H,17,18). The summed E-state index contributed by atoms with van der Waals surface area (Å²) in [6, 6.07) is 3.82. The summed E-state index contributed by atoms with van der Waals surface area (Å²) in [5, 5.41) is 6.38. The lowest BCUT2D eigenvalue weighted by molar-refractivity contribution is -0.124. The van der Waals surface area contributed by atoms with Crippen LogP contribution in [0.3, 0.4) is 0 Å². The molecule has 1 aromatic rings. The van der Waals surface area contributed by atoms with Crippen LogP contribution in [-0.2, 0) is 4.79 Å². The lowest BCUT2D eigenvalue weighted by Crippen LogP contribution is -2.49. The molecule has 1 aliphatic heterocycles. The number of halogens is 1. The van der Waals surface area contributed by atoms with Gasteiger partial charge in [-0.25, -0.2) is 0 Å². The third-order valence-corrected chi connectivity index (χ3v) is 5.20. The molecule has 1 aromatic heterocycles. The fourth-order valence-corrected chi connectivity index (χ4v) is 3.58. The summed E-state index contributed by atoms with van der Waals surface area (Å²) >= 11 is 7.44. The van der Waals surface area contributed by atoms with Gasteiger partial charge in [-0.15, -0.1) is 11.3 Å². The SMILES string of the molecule is CCC1CCNC(C(=O)NC(C)c2ccc(Cl)s2)C1. The molecule has 5 heteroatoms. The molecule has 106 valence electrons. The highest BCUT2D eigenvalue weighted by Crippen LogP contribution is 2.27. The van der Waals surface area contributed by atoms with Crippen LogP contribution in [0.1, 0.15) is 44.0 Å². The Balaban J connectivity index is 1.89. The molecule has 3 nitrogen and oxygen atoms in total. The highest BCUT2D eigenvalue weighted by Gasteiger charge is 2.26. The third-order valence-electron chi connectivity index (χ3n) is 3.79. The molecule has 0 saturated carbocycles. The Labute approximate surface area is 123 Å². The summed E-state index contributed by atoms with van der Waals surface area (Å²) in [6.45, 7) is 5.14. The molecule has 0 radical (unpaired) electrons. The number of thiophene rings is 1. The van der Waals surface area contributed by atoms with Crippen molar-refractivity contribution in [3.63, 3.8) is 0 Å². The number of amides is 1. The van der Waals surface area contributed by atoms with E-state index >= 15 is 0 Å². The van der Waals surface area contributed by atoms with Gasteiger partial charge < -0.3 is 10.6 Å². The topological polar surface area (TPSA) is 41.1 Å². The molecule has 2 heterocycles. The Morgan fingerprint density at radius 3 is 3.05 bits per heavy atom. The smallest absolute Gasteiger partial charge is 0.237 e. The van der Waals surface area contributed by atoms with Crippen molar-refractivity contribution >= 4 is 28.8 Å². The molecule has 0 aromatic carbocycles. The van der Waals surface area contributed by atoms with Crippen LogP contribution in [0.15, 0.2) is 12.1 Å². The van der Waals surface area contributed by atoms with Gasteiger partial charge in [0.25, 0.3) is 0 Å². The van der Waals surface area contributed by atoms with Crippen LogP contribution in [0, 0.1) is 5.92 Å². The van der Waals surface area contributed by atoms with Gasteiger partial charge in [0.2, 0.25) is 5.91 Å². The minimum Gasteiger partial charge on any atom is -0.347 e. The van der Waals surface area contributed by atoms with Crippen LogP contribution in [0.5, 0.6) is 0 Å². The van der Waals surface area contributed by atoms with Gasteiger partial charge in [-0.05, 0) is 44.4 Å². The monoisotopic (exact) mass is 300 g/mol. The predicted octanol–water partition coefficient (Wildman–Crippen LogP) is 3.36. The van der Waals surface area contributed by atoms with E-state index in [9.17, 15) is 4.79 Å². The molecule has 2 N–H and O–H groups in total. The van der Waals surface area contributed by atoms with Crippen molar-refractivity contribution in [3.8, 4) is 0 Å². The van der Waals surface area contributed by atoms with E-state index in [4.69, 9.17) is 11.6 Å². The van der Waals surface area contributed by atoms with Gasteiger partial charge in [-0.3, -0.25) is 4.79 Å². The summed E-state index contributed by atoms with van der Waals surface area (Å²) < 4.78 is 0.762. The van der Waals surface area contributed by atoms with E-state index in [-0.39, 0.29) is 18.0 Å². The maximum atomic E-state index is 12.2. The Morgan fingerprint density at radius 1 is 1.63 bits per heavy atom. The van der Waals surface area contributed by atoms with Gasteiger partial charge in [-0.2, -0.15) is 0 Å². The Morgan fingerprint density at radius 2 is 2.42 bits per heavy atom. The molecule has 1 saturated heterocycles. The van der Waals surface area contributed by atoms with Crippen LogP contribution < -0.4 is 10.6 Å². The first-order chi connectivity index (χ1) is 9.10. The van der Waals surface area contributed by atoms with Crippen LogP contribution in [-0.4, -0.2) is 18.5 Å². The van der Waals surface area contributed by atoms with Crippen LogP contribution in [0.25, 0.3) is 0 Å². The molecule has 2 rings (SSSR count). The van der Waals surface area contributed by atoms with Crippen molar-refractivity contribution < 1.29 is 4.79 Å². The normalized spacial score (nSPS) is 25.0. The number of rotatable bonds is 4. The highest BCUT2D eigenvalue weighted by molar-refractivity contribution is 7.16. The van der Waals surface area contributed by atoms with E-state index in [0.29, 0.717) is 5.92 Å². The number of carbonyl (C=O) groups is 1. The fourth-order valence-electron chi connectivity index (χ4n) is 2.51. The van der Waals surface area contributed by atoms with E-state index < -0.39 is 0 Å². The lowest BCUT2D eigenvalue weighted by Gasteiger charge is -2.29. The minimum atomic E-state index is -0.0448. The Kier molecular flexibility index (Phi) is 5.25. The van der Waals surface area contributed by atoms with E-state index in [1.807, 2.05) is 19.1 Å². The Hall–Kier alpha value is -0.580. The van der Waals surface area contributed by atoms with Gasteiger partial charge in [0.15, 0.2) is 0 Å². The van der Waals surface area contributed by atoms with Gasteiger partial charge in [0.1, 0.15) is 0 Å². The summed E-state index contributed by atoms with van der Waals surface area (Å²) in [7, 11) is 0. The maximum absolute atomic E-state index is 12.2. The molecule has 0 bridgehead atoms. The zero-order valence-corrected chi connectivity index (χ0v) is 13.0. The average Bonchev–Trinajstić information content (AvgIpc) is 2.85. The van der Waals surface area contributed by atoms with E-state index in [1.54, 1.807) is 0 Å². The molecular weight excluding hydrogens is 280 g/mol. The zero-order chi connectivity index (χ0) is 13.8. The van der Waals surface area contributed by atoms with Gasteiger partial charge in [0.05, 0.1) is 16.4 Å². The molecular formula is C14H21ClN2OS. The third kappa shape index (κ3) is 3.94. The second-order valence-electron chi connectivity index (χ2n) is 5.18. The zero-order valence-electron chi connectivity index (χ0n) is 11.4. The highest BCUT2D eigenvalue weighted by atomic mass is 35.5. The first kappa shape index (κ1) is 14.8. The quantitative estimate of drug-likeness (QED) is 0.895. The molecule has 1 amide bonds. The first-order valence-electron chi connectivity index (χ1n) is 6.89. The van der Waals surface area contributed by atoms with Crippen molar-refractivity contribution in [1.82, 2.24) is 10.6 Å². The molecule has 1 fully saturated rings. The van der Waals surface area contributed by atoms with Crippen molar-refractivity contribution in [2.75, 3.05) is 6.54 Å². The number of nitrogens with one attached hydrogen (secondary N) is 2. The van der Waals surface area contributed by atoms with Crippen molar-refractivity contribution in [2.45, 2.75) is 45.2 Å². The van der Waals surface area contributed by atoms with E-state index in [1.165, 1.54) is 17.8 Å². The summed E-state index contributed by atoms with van der Waals surface area (Å²) in [6.07, 6.45) is 3.28. The molecule has 0 spiro atoms. The van der Waals surface area contributed by atoms with E-state index in [2.05, 4.69) is 17.6 Å². The van der Waals surface area contributed by atoms with Gasteiger partial charge >= 0.3 is 0 Å². The van der Waals surface area contributed by atoms with Crippen LogP contribution in [0.4, 0.5) is 0 Å². The molecule has 3 unspecified atom stereocenters. The van der Waals surface area contributed by atoms with Crippen molar-refractivity contribution in [3.05, 3.63) is 21.3 Å². The second-order valence-corrected chi connectivity index (χ2v) is 6.92. The fraction of sp³-hybridized carbons (Fsp3) is 0.643. The number of carbonyl (C=O) groups excluding carboxylic acids is 1. The van der Waals surface area contributed by atoms with E-state index in [0.717, 1.165) is 28.6 Å². The largest absolute Gasteiger partial charge is 0.347 e. The number of piperidine rings is 1. The lowest BCUT2D eigenvalue weighted by atomic mass is 9.90. The summed E-state index contributed by atoms with van der Waals surface area (Å²) in [5.74, 6) is 0.777. The Bertz CT molecular complexity index is 435. The van der Waals surface area contributed by atoms with Crippen molar-refractivity contribution in [2.24, 2.45) is 5.92 Å². The van der Waals surface area contributed by atoms with Crippen molar-refractivity contribution in [1.29, 1.82) is 0 Å². The molecule has 19 heavy (non-hydrogen) atoms. The minimum absolute atomic E-state index is 0.0220. The van der Waals surface area contributed by atoms with Crippen LogP contribution >= 0.6 is 22.9 Å². The first-order valence-corrected chi connectivity index (χ1v) is 8.08. The number of hydrogen-bond donors (Lipinski definition) is 2. The average molecular weight is 301 g/mol. The molecule has 1 aliphatic rings. The molecule has 0 aliphatic carbocycles.